The van der Waals surface area contributed by atoms with Gasteiger partial charge < -0.3 is 10.1 Å². The predicted octanol–water partition coefficient (Wildman–Crippen LogP) is 2.93. The number of hydrogen-bond donors (Lipinski definition) is 1. The molecule has 1 aliphatic heterocycles. The maximum atomic E-state index is 13.5. The lowest BCUT2D eigenvalue weighted by atomic mass is 9.93. The van der Waals surface area contributed by atoms with E-state index in [1.165, 1.54) is 6.07 Å². The van der Waals surface area contributed by atoms with Gasteiger partial charge >= 0.3 is 0 Å². The number of halogens is 1. The van der Waals surface area contributed by atoms with E-state index in [1.807, 2.05) is 19.2 Å². The van der Waals surface area contributed by atoms with Crippen molar-refractivity contribution < 1.29 is 9.13 Å². The number of hydrogen-bond acceptors (Lipinski definition) is 3. The van der Waals surface area contributed by atoms with Crippen molar-refractivity contribution in [1.82, 2.24) is 5.32 Å². The van der Waals surface area contributed by atoms with Gasteiger partial charge in [-0.2, -0.15) is 0 Å². The molecule has 0 aromatic heterocycles. The molecule has 1 aromatic rings. The minimum Gasteiger partial charge on any atom is -0.381 e. The van der Waals surface area contributed by atoms with E-state index in [9.17, 15) is 4.39 Å². The second kappa shape index (κ2) is 7.12. The van der Waals surface area contributed by atoms with Crippen LogP contribution in [0.25, 0.3) is 0 Å². The molecule has 2 rings (SSSR count). The van der Waals surface area contributed by atoms with Crippen LogP contribution in [0.1, 0.15) is 12.8 Å². The van der Waals surface area contributed by atoms with Gasteiger partial charge in [-0.25, -0.2) is 4.39 Å². The van der Waals surface area contributed by atoms with Crippen molar-refractivity contribution in [2.75, 3.05) is 26.0 Å². The number of nitrogens with one attached hydrogen (secondary N) is 1. The molecule has 0 spiro atoms. The van der Waals surface area contributed by atoms with Gasteiger partial charge in [0.1, 0.15) is 5.82 Å². The van der Waals surface area contributed by atoms with Crippen LogP contribution in [0.15, 0.2) is 29.2 Å². The number of ether oxygens (including phenoxy) is 1. The molecule has 1 N–H and O–H groups in total. The van der Waals surface area contributed by atoms with Crippen LogP contribution in [0.2, 0.25) is 0 Å². The monoisotopic (exact) mass is 269 g/mol. The molecule has 100 valence electrons. The van der Waals surface area contributed by atoms with E-state index < -0.39 is 0 Å². The van der Waals surface area contributed by atoms with Crippen LogP contribution in [0.4, 0.5) is 4.39 Å². The molecule has 1 aromatic carbocycles. The van der Waals surface area contributed by atoms with Gasteiger partial charge in [0, 0.05) is 29.9 Å². The Morgan fingerprint density at radius 3 is 2.78 bits per heavy atom. The SMILES string of the molecule is CNC(CSc1ccccc1F)C1CCOCC1. The van der Waals surface area contributed by atoms with Crippen molar-refractivity contribution in [1.29, 1.82) is 0 Å². The Kier molecular flexibility index (Phi) is 5.47. The zero-order valence-electron chi connectivity index (χ0n) is 10.7. The highest BCUT2D eigenvalue weighted by atomic mass is 32.2. The maximum Gasteiger partial charge on any atom is 0.136 e. The number of rotatable bonds is 5. The summed E-state index contributed by atoms with van der Waals surface area (Å²) in [6, 6.07) is 7.40. The molecular formula is C14H20FNOS. The normalized spacial score (nSPS) is 18.8. The van der Waals surface area contributed by atoms with E-state index in [4.69, 9.17) is 4.74 Å². The molecule has 1 unspecified atom stereocenters. The predicted molar refractivity (Wildman–Crippen MR) is 73.5 cm³/mol. The Balaban J connectivity index is 1.88. The summed E-state index contributed by atoms with van der Waals surface area (Å²) in [6.45, 7) is 1.71. The molecule has 1 saturated heterocycles. The minimum absolute atomic E-state index is 0.121. The standard InChI is InChI=1S/C14H20FNOS/c1-16-13(11-6-8-17-9-7-11)10-18-14-5-3-2-4-12(14)15/h2-5,11,13,16H,6-10H2,1H3. The summed E-state index contributed by atoms with van der Waals surface area (Å²) in [5.41, 5.74) is 0. The molecule has 1 fully saturated rings. The van der Waals surface area contributed by atoms with Crippen LogP contribution in [0.3, 0.4) is 0 Å². The molecule has 0 bridgehead atoms. The Morgan fingerprint density at radius 1 is 1.39 bits per heavy atom. The van der Waals surface area contributed by atoms with Gasteiger partial charge in [0.2, 0.25) is 0 Å². The van der Waals surface area contributed by atoms with Gasteiger partial charge in [0.15, 0.2) is 0 Å². The van der Waals surface area contributed by atoms with Gasteiger partial charge in [-0.15, -0.1) is 11.8 Å². The van der Waals surface area contributed by atoms with Crippen LogP contribution in [-0.4, -0.2) is 32.1 Å². The first-order valence-electron chi connectivity index (χ1n) is 6.43. The molecule has 0 saturated carbocycles. The number of benzene rings is 1. The lowest BCUT2D eigenvalue weighted by Gasteiger charge is -2.29. The largest absolute Gasteiger partial charge is 0.381 e. The number of thioether (sulfide) groups is 1. The highest BCUT2D eigenvalue weighted by Crippen LogP contribution is 2.26. The summed E-state index contributed by atoms with van der Waals surface area (Å²) in [6.07, 6.45) is 2.20. The molecule has 2 nitrogen and oxygen atoms in total. The second-order valence-electron chi connectivity index (χ2n) is 4.59. The van der Waals surface area contributed by atoms with Gasteiger partial charge in [-0.3, -0.25) is 0 Å². The average Bonchev–Trinajstić information content (AvgIpc) is 2.42. The van der Waals surface area contributed by atoms with Crippen molar-refractivity contribution in [3.63, 3.8) is 0 Å². The lowest BCUT2D eigenvalue weighted by Crippen LogP contribution is -2.38. The fraction of sp³-hybridized carbons (Fsp3) is 0.571. The van der Waals surface area contributed by atoms with Crippen LogP contribution in [0, 0.1) is 11.7 Å². The van der Waals surface area contributed by atoms with Gasteiger partial charge in [-0.1, -0.05) is 12.1 Å². The Morgan fingerprint density at radius 2 is 2.11 bits per heavy atom. The van der Waals surface area contributed by atoms with E-state index in [0.717, 1.165) is 36.7 Å². The molecule has 1 heterocycles. The van der Waals surface area contributed by atoms with Crippen molar-refractivity contribution >= 4 is 11.8 Å². The third-order valence-electron chi connectivity index (χ3n) is 3.46. The third kappa shape index (κ3) is 3.70. The Hall–Kier alpha value is -0.580. The minimum atomic E-state index is -0.121. The second-order valence-corrected chi connectivity index (χ2v) is 5.65. The molecule has 4 heteroatoms. The smallest absolute Gasteiger partial charge is 0.136 e. The van der Waals surface area contributed by atoms with E-state index >= 15 is 0 Å². The summed E-state index contributed by atoms with van der Waals surface area (Å²) in [7, 11) is 1.99. The molecule has 0 amide bonds. The highest BCUT2D eigenvalue weighted by Gasteiger charge is 2.23. The van der Waals surface area contributed by atoms with Crippen LogP contribution in [-0.2, 0) is 4.74 Å². The third-order valence-corrected chi connectivity index (χ3v) is 4.63. The van der Waals surface area contributed by atoms with Gasteiger partial charge in [0.25, 0.3) is 0 Å². The summed E-state index contributed by atoms with van der Waals surface area (Å²) >= 11 is 1.60. The van der Waals surface area contributed by atoms with E-state index in [2.05, 4.69) is 5.32 Å². The van der Waals surface area contributed by atoms with Gasteiger partial charge in [0.05, 0.1) is 0 Å². The lowest BCUT2D eigenvalue weighted by molar-refractivity contribution is 0.0575. The summed E-state index contributed by atoms with van der Waals surface area (Å²) < 4.78 is 18.9. The van der Waals surface area contributed by atoms with Crippen LogP contribution in [0.5, 0.6) is 0 Å². The van der Waals surface area contributed by atoms with E-state index in [0.29, 0.717) is 12.0 Å². The van der Waals surface area contributed by atoms with Gasteiger partial charge in [-0.05, 0) is 37.9 Å². The molecular weight excluding hydrogens is 249 g/mol. The van der Waals surface area contributed by atoms with Crippen molar-refractivity contribution in [3.8, 4) is 0 Å². The van der Waals surface area contributed by atoms with Crippen molar-refractivity contribution in [2.45, 2.75) is 23.8 Å². The molecule has 0 aliphatic carbocycles. The quantitative estimate of drug-likeness (QED) is 0.830. The zero-order valence-corrected chi connectivity index (χ0v) is 11.5. The fourth-order valence-electron chi connectivity index (χ4n) is 2.31. The summed E-state index contributed by atoms with van der Waals surface area (Å²) in [4.78, 5) is 0.741. The topological polar surface area (TPSA) is 21.3 Å². The Labute approximate surface area is 112 Å². The zero-order chi connectivity index (χ0) is 12.8. The average molecular weight is 269 g/mol. The van der Waals surface area contributed by atoms with Crippen molar-refractivity contribution in [3.05, 3.63) is 30.1 Å². The molecule has 1 atom stereocenters. The first-order valence-corrected chi connectivity index (χ1v) is 7.42. The highest BCUT2D eigenvalue weighted by molar-refractivity contribution is 7.99. The molecule has 0 radical (unpaired) electrons. The summed E-state index contributed by atoms with van der Waals surface area (Å²) in [5.74, 6) is 1.43. The molecule has 1 aliphatic rings. The first kappa shape index (κ1) is 13.8. The van der Waals surface area contributed by atoms with Crippen LogP contribution < -0.4 is 5.32 Å². The van der Waals surface area contributed by atoms with E-state index in [-0.39, 0.29) is 5.82 Å². The maximum absolute atomic E-state index is 13.5. The fourth-order valence-corrected chi connectivity index (χ4v) is 3.49. The Bertz CT molecular complexity index is 369. The van der Waals surface area contributed by atoms with Crippen molar-refractivity contribution in [2.24, 2.45) is 5.92 Å². The van der Waals surface area contributed by atoms with Crippen LogP contribution >= 0.6 is 11.8 Å². The molecule has 18 heavy (non-hydrogen) atoms. The first-order chi connectivity index (χ1) is 8.81. The van der Waals surface area contributed by atoms with E-state index in [1.54, 1.807) is 17.8 Å². The summed E-state index contributed by atoms with van der Waals surface area (Å²) in [5, 5.41) is 3.36.